The lowest BCUT2D eigenvalue weighted by molar-refractivity contribution is -0.122. The van der Waals surface area contributed by atoms with Gasteiger partial charge in [0, 0.05) is 28.4 Å². The molecule has 0 saturated carbocycles. The summed E-state index contributed by atoms with van der Waals surface area (Å²) in [6, 6.07) is 7.50. The summed E-state index contributed by atoms with van der Waals surface area (Å²) >= 11 is 5.96. The van der Waals surface area contributed by atoms with Crippen molar-refractivity contribution < 1.29 is 4.79 Å². The number of nitrogens with two attached hydrogens (primary N) is 1. The van der Waals surface area contributed by atoms with Crippen molar-refractivity contribution in [1.82, 2.24) is 15.1 Å². The standard InChI is InChI=1S/C20H29ClN4O.ClH/c1-13(2)11-20(5,12-22)23-19(26)10-18-14(3)24-25(15(18)4)17-8-6-16(21)7-9-17;/h6-9,13H,10-12,22H2,1-5H3,(H,23,26);1H. The molecule has 1 aromatic heterocycles. The minimum atomic E-state index is -0.390. The Morgan fingerprint density at radius 1 is 1.30 bits per heavy atom. The molecule has 3 N–H and O–H groups in total. The maximum atomic E-state index is 12.6. The molecule has 0 spiro atoms. The van der Waals surface area contributed by atoms with Crippen LogP contribution < -0.4 is 11.1 Å². The van der Waals surface area contributed by atoms with Gasteiger partial charge in [-0.05, 0) is 57.4 Å². The van der Waals surface area contributed by atoms with Gasteiger partial charge >= 0.3 is 0 Å². The van der Waals surface area contributed by atoms with Gasteiger partial charge in [-0.15, -0.1) is 12.4 Å². The molecule has 0 aliphatic rings. The number of benzene rings is 1. The maximum absolute atomic E-state index is 12.6. The first-order valence-electron chi connectivity index (χ1n) is 8.97. The van der Waals surface area contributed by atoms with E-state index in [-0.39, 0.29) is 23.9 Å². The zero-order chi connectivity index (χ0) is 19.5. The van der Waals surface area contributed by atoms with E-state index in [0.29, 0.717) is 23.9 Å². The van der Waals surface area contributed by atoms with Gasteiger partial charge in [-0.25, -0.2) is 4.68 Å². The van der Waals surface area contributed by atoms with Crippen LogP contribution in [0.3, 0.4) is 0 Å². The van der Waals surface area contributed by atoms with Crippen LogP contribution in [-0.4, -0.2) is 27.8 Å². The van der Waals surface area contributed by atoms with Crippen molar-refractivity contribution in [1.29, 1.82) is 0 Å². The number of nitrogens with zero attached hydrogens (tertiary/aromatic N) is 2. The van der Waals surface area contributed by atoms with Gasteiger partial charge in [0.1, 0.15) is 0 Å². The topological polar surface area (TPSA) is 72.9 Å². The third-order valence-electron chi connectivity index (χ3n) is 4.60. The van der Waals surface area contributed by atoms with Gasteiger partial charge in [0.25, 0.3) is 0 Å². The Bertz CT molecular complexity index is 771. The minimum absolute atomic E-state index is 0. The molecule has 1 heterocycles. The summed E-state index contributed by atoms with van der Waals surface area (Å²) in [5.74, 6) is 0.431. The molecule has 1 atom stereocenters. The number of nitrogens with one attached hydrogen (secondary N) is 1. The van der Waals surface area contributed by atoms with Crippen molar-refractivity contribution in [3.63, 3.8) is 0 Å². The third kappa shape index (κ3) is 5.96. The molecular weight excluding hydrogens is 383 g/mol. The number of carbonyl (C=O) groups is 1. The summed E-state index contributed by atoms with van der Waals surface area (Å²) in [4.78, 5) is 12.6. The van der Waals surface area contributed by atoms with E-state index >= 15 is 0 Å². The number of hydrogen-bond donors (Lipinski definition) is 2. The van der Waals surface area contributed by atoms with Crippen LogP contribution in [0.4, 0.5) is 0 Å². The van der Waals surface area contributed by atoms with Crippen LogP contribution >= 0.6 is 24.0 Å². The van der Waals surface area contributed by atoms with Crippen LogP contribution in [0, 0.1) is 19.8 Å². The second-order valence-electron chi connectivity index (χ2n) is 7.63. The van der Waals surface area contributed by atoms with Gasteiger partial charge in [0.05, 0.1) is 17.8 Å². The summed E-state index contributed by atoms with van der Waals surface area (Å²) < 4.78 is 1.85. The van der Waals surface area contributed by atoms with E-state index in [9.17, 15) is 4.79 Å². The lowest BCUT2D eigenvalue weighted by Gasteiger charge is -2.31. The van der Waals surface area contributed by atoms with Gasteiger partial charge < -0.3 is 11.1 Å². The Balaban J connectivity index is 0.00000364. The van der Waals surface area contributed by atoms with E-state index in [1.807, 2.05) is 49.7 Å². The second kappa shape index (κ2) is 9.58. The Morgan fingerprint density at radius 2 is 1.89 bits per heavy atom. The second-order valence-corrected chi connectivity index (χ2v) is 8.06. The van der Waals surface area contributed by atoms with Crippen LogP contribution in [0.25, 0.3) is 5.69 Å². The van der Waals surface area contributed by atoms with Gasteiger partial charge in [-0.3, -0.25) is 4.79 Å². The number of rotatable bonds is 7. The molecule has 1 unspecified atom stereocenters. The predicted octanol–water partition coefficient (Wildman–Crippen LogP) is 3.99. The molecule has 2 rings (SSSR count). The van der Waals surface area contributed by atoms with E-state index in [1.54, 1.807) is 0 Å². The molecule has 1 amide bonds. The number of halogens is 2. The van der Waals surface area contributed by atoms with Crippen molar-refractivity contribution in [2.24, 2.45) is 11.7 Å². The number of aromatic nitrogens is 2. The first kappa shape index (κ1) is 23.5. The molecule has 150 valence electrons. The van der Waals surface area contributed by atoms with E-state index < -0.39 is 0 Å². The molecule has 0 saturated heterocycles. The van der Waals surface area contributed by atoms with Crippen LogP contribution in [0.1, 0.15) is 44.1 Å². The molecule has 0 fully saturated rings. The molecule has 0 radical (unpaired) electrons. The third-order valence-corrected chi connectivity index (χ3v) is 4.85. The van der Waals surface area contributed by atoms with Gasteiger partial charge in [0.2, 0.25) is 5.91 Å². The number of aryl methyl sites for hydroxylation is 1. The van der Waals surface area contributed by atoms with Crippen molar-refractivity contribution in [2.45, 2.75) is 53.0 Å². The van der Waals surface area contributed by atoms with Crippen LogP contribution in [-0.2, 0) is 11.2 Å². The Morgan fingerprint density at radius 3 is 2.41 bits per heavy atom. The van der Waals surface area contributed by atoms with E-state index in [2.05, 4.69) is 24.3 Å². The summed E-state index contributed by atoms with van der Waals surface area (Å²) in [5, 5.41) is 8.39. The normalized spacial score (nSPS) is 13.2. The summed E-state index contributed by atoms with van der Waals surface area (Å²) in [5.41, 5.74) is 9.20. The lowest BCUT2D eigenvalue weighted by atomic mass is 9.90. The number of carbonyl (C=O) groups excluding carboxylic acids is 1. The Labute approximate surface area is 173 Å². The van der Waals surface area contributed by atoms with E-state index in [4.69, 9.17) is 17.3 Å². The zero-order valence-corrected chi connectivity index (χ0v) is 18.2. The monoisotopic (exact) mass is 412 g/mol. The molecule has 7 heteroatoms. The van der Waals surface area contributed by atoms with Crippen molar-refractivity contribution >= 4 is 29.9 Å². The summed E-state index contributed by atoms with van der Waals surface area (Å²) in [6.45, 7) is 10.6. The molecule has 0 aliphatic heterocycles. The first-order chi connectivity index (χ1) is 12.1. The highest BCUT2D eigenvalue weighted by molar-refractivity contribution is 6.30. The number of hydrogen-bond acceptors (Lipinski definition) is 3. The zero-order valence-electron chi connectivity index (χ0n) is 16.7. The molecule has 2 aromatic rings. The SMILES string of the molecule is Cc1nn(-c2ccc(Cl)cc2)c(C)c1CC(=O)NC(C)(CN)CC(C)C.Cl. The summed E-state index contributed by atoms with van der Waals surface area (Å²) in [6.07, 6.45) is 1.14. The molecule has 5 nitrogen and oxygen atoms in total. The first-order valence-corrected chi connectivity index (χ1v) is 9.35. The predicted molar refractivity (Wildman–Crippen MR) is 114 cm³/mol. The Hall–Kier alpha value is -1.56. The molecule has 0 aliphatic carbocycles. The smallest absolute Gasteiger partial charge is 0.225 e. The average molecular weight is 413 g/mol. The van der Waals surface area contributed by atoms with Gasteiger partial charge in [0.15, 0.2) is 0 Å². The molecule has 27 heavy (non-hydrogen) atoms. The van der Waals surface area contributed by atoms with Crippen LogP contribution in [0.2, 0.25) is 5.02 Å². The molecule has 0 bridgehead atoms. The fourth-order valence-electron chi connectivity index (χ4n) is 3.39. The average Bonchev–Trinajstić information content (AvgIpc) is 2.83. The largest absolute Gasteiger partial charge is 0.349 e. The van der Waals surface area contributed by atoms with Gasteiger partial charge in [-0.2, -0.15) is 5.10 Å². The summed E-state index contributed by atoms with van der Waals surface area (Å²) in [7, 11) is 0. The highest BCUT2D eigenvalue weighted by Crippen LogP contribution is 2.21. The van der Waals surface area contributed by atoms with Crippen molar-refractivity contribution in [3.8, 4) is 5.69 Å². The fraction of sp³-hybridized carbons (Fsp3) is 0.500. The molecular formula is C20H30Cl2N4O. The Kier molecular flexibility index (Phi) is 8.33. The van der Waals surface area contributed by atoms with Gasteiger partial charge in [-0.1, -0.05) is 25.4 Å². The maximum Gasteiger partial charge on any atom is 0.225 e. The lowest BCUT2D eigenvalue weighted by Crippen LogP contribution is -2.52. The van der Waals surface area contributed by atoms with Crippen LogP contribution in [0.5, 0.6) is 0 Å². The highest BCUT2D eigenvalue weighted by Gasteiger charge is 2.26. The number of amides is 1. The fourth-order valence-corrected chi connectivity index (χ4v) is 3.52. The highest BCUT2D eigenvalue weighted by atomic mass is 35.5. The van der Waals surface area contributed by atoms with Crippen LogP contribution in [0.15, 0.2) is 24.3 Å². The molecule has 1 aromatic carbocycles. The van der Waals surface area contributed by atoms with Crippen molar-refractivity contribution in [3.05, 3.63) is 46.2 Å². The quantitative estimate of drug-likeness (QED) is 0.721. The van der Waals surface area contributed by atoms with E-state index in [1.165, 1.54) is 0 Å². The van der Waals surface area contributed by atoms with E-state index in [0.717, 1.165) is 29.1 Å². The van der Waals surface area contributed by atoms with Crippen molar-refractivity contribution in [2.75, 3.05) is 6.54 Å². The minimum Gasteiger partial charge on any atom is -0.349 e.